The summed E-state index contributed by atoms with van der Waals surface area (Å²) in [7, 11) is 1.31. The van der Waals surface area contributed by atoms with Crippen molar-refractivity contribution in [2.75, 3.05) is 12.4 Å². The molecule has 0 saturated carbocycles. The predicted molar refractivity (Wildman–Crippen MR) is 91.9 cm³/mol. The molecule has 1 aromatic rings. The Morgan fingerprint density at radius 3 is 2.09 bits per heavy atom. The van der Waals surface area contributed by atoms with E-state index in [1.807, 2.05) is 20.8 Å². The number of carbonyl (C=O) groups is 2. The van der Waals surface area contributed by atoms with Crippen LogP contribution >= 0.6 is 27.3 Å². The number of methoxy groups -OCH3 is 1. The van der Waals surface area contributed by atoms with Crippen molar-refractivity contribution in [3.63, 3.8) is 0 Å². The van der Waals surface area contributed by atoms with Crippen molar-refractivity contribution in [3.8, 4) is 0 Å². The molecule has 0 aromatic carbocycles. The second-order valence-corrected chi connectivity index (χ2v) is 8.63. The van der Waals surface area contributed by atoms with Crippen molar-refractivity contribution in [1.82, 2.24) is 0 Å². The van der Waals surface area contributed by atoms with Crippen molar-refractivity contribution < 1.29 is 19.1 Å². The molecule has 0 aliphatic heterocycles. The average Bonchev–Trinajstić information content (AvgIpc) is 2.63. The standard InChI is InChI=1S/C15H22BrNO4S/c1-14(2,3)11-8(16)9(10(22-11)12(18)20-7)17-13(19)21-15(4,5)6/h1-7H3,(H,17,19). The van der Waals surface area contributed by atoms with E-state index in [2.05, 4.69) is 21.2 Å². The lowest BCUT2D eigenvalue weighted by atomic mass is 9.94. The number of thiophene rings is 1. The zero-order valence-electron chi connectivity index (χ0n) is 13.9. The van der Waals surface area contributed by atoms with Crippen LogP contribution in [-0.2, 0) is 14.9 Å². The molecule has 1 amide bonds. The minimum absolute atomic E-state index is 0.180. The van der Waals surface area contributed by atoms with E-state index in [-0.39, 0.29) is 5.41 Å². The zero-order valence-corrected chi connectivity index (χ0v) is 16.3. The molecule has 0 atom stereocenters. The van der Waals surface area contributed by atoms with Gasteiger partial charge < -0.3 is 9.47 Å². The highest BCUT2D eigenvalue weighted by Crippen LogP contribution is 2.44. The quantitative estimate of drug-likeness (QED) is 0.724. The Kier molecular flexibility index (Phi) is 5.67. The lowest BCUT2D eigenvalue weighted by Gasteiger charge is -2.20. The van der Waals surface area contributed by atoms with Gasteiger partial charge in [0, 0.05) is 4.88 Å². The number of carbonyl (C=O) groups excluding carboxylic acids is 2. The van der Waals surface area contributed by atoms with Gasteiger partial charge in [0.05, 0.1) is 17.3 Å². The number of nitrogens with one attached hydrogen (secondary N) is 1. The van der Waals surface area contributed by atoms with Gasteiger partial charge in [0.25, 0.3) is 0 Å². The number of esters is 1. The minimum atomic E-state index is -0.620. The maximum absolute atomic E-state index is 12.0. The summed E-state index contributed by atoms with van der Waals surface area (Å²) in [5, 5.41) is 2.64. The van der Waals surface area contributed by atoms with Gasteiger partial charge >= 0.3 is 12.1 Å². The number of amides is 1. The summed E-state index contributed by atoms with van der Waals surface area (Å²) in [4.78, 5) is 25.3. The lowest BCUT2D eigenvalue weighted by molar-refractivity contribution is 0.0607. The van der Waals surface area contributed by atoms with E-state index in [1.54, 1.807) is 20.8 Å². The first-order valence-corrected chi connectivity index (χ1v) is 8.39. The highest BCUT2D eigenvalue weighted by Gasteiger charge is 2.30. The largest absolute Gasteiger partial charge is 0.465 e. The molecular formula is C15H22BrNO4S. The van der Waals surface area contributed by atoms with E-state index < -0.39 is 17.7 Å². The molecule has 7 heteroatoms. The number of ether oxygens (including phenoxy) is 2. The molecule has 0 radical (unpaired) electrons. The smallest absolute Gasteiger partial charge is 0.412 e. The van der Waals surface area contributed by atoms with Crippen LogP contribution in [0.4, 0.5) is 10.5 Å². The third-order valence-corrected chi connectivity index (χ3v) is 5.18. The van der Waals surface area contributed by atoms with Crippen LogP contribution < -0.4 is 5.32 Å². The number of hydrogen-bond acceptors (Lipinski definition) is 5. The lowest BCUT2D eigenvalue weighted by Crippen LogP contribution is -2.27. The molecule has 124 valence electrons. The summed E-state index contributed by atoms with van der Waals surface area (Å²) in [6.07, 6.45) is -0.614. The molecule has 1 rings (SSSR count). The topological polar surface area (TPSA) is 64.6 Å². The molecule has 0 unspecified atom stereocenters. The van der Waals surface area contributed by atoms with E-state index in [1.165, 1.54) is 18.4 Å². The first-order valence-electron chi connectivity index (χ1n) is 6.78. The fraction of sp³-hybridized carbons (Fsp3) is 0.600. The van der Waals surface area contributed by atoms with E-state index in [4.69, 9.17) is 9.47 Å². The highest BCUT2D eigenvalue weighted by molar-refractivity contribution is 9.10. The van der Waals surface area contributed by atoms with Crippen LogP contribution in [0, 0.1) is 0 Å². The van der Waals surface area contributed by atoms with E-state index in [9.17, 15) is 9.59 Å². The Hall–Kier alpha value is -1.08. The molecule has 5 nitrogen and oxygen atoms in total. The van der Waals surface area contributed by atoms with Crippen LogP contribution in [0.25, 0.3) is 0 Å². The molecule has 0 saturated heterocycles. The SMILES string of the molecule is COC(=O)c1sc(C(C)(C)C)c(Br)c1NC(=O)OC(C)(C)C. The predicted octanol–water partition coefficient (Wildman–Crippen LogP) is 4.94. The van der Waals surface area contributed by atoms with Gasteiger partial charge in [0.2, 0.25) is 0 Å². The van der Waals surface area contributed by atoms with Crippen molar-refractivity contribution in [3.05, 3.63) is 14.2 Å². The summed E-state index contributed by atoms with van der Waals surface area (Å²) < 4.78 is 10.7. The normalized spacial score (nSPS) is 12.0. The number of hydrogen-bond donors (Lipinski definition) is 1. The van der Waals surface area contributed by atoms with Crippen LogP contribution in [0.1, 0.15) is 56.1 Å². The van der Waals surface area contributed by atoms with Gasteiger partial charge in [-0.15, -0.1) is 11.3 Å². The van der Waals surface area contributed by atoms with E-state index in [0.29, 0.717) is 15.0 Å². The van der Waals surface area contributed by atoms with Crippen molar-refractivity contribution >= 4 is 45.0 Å². The fourth-order valence-corrected chi connectivity index (χ4v) is 4.04. The van der Waals surface area contributed by atoms with Gasteiger partial charge in [0.1, 0.15) is 10.5 Å². The Morgan fingerprint density at radius 1 is 1.14 bits per heavy atom. The Labute approximate surface area is 143 Å². The molecule has 22 heavy (non-hydrogen) atoms. The average molecular weight is 392 g/mol. The van der Waals surface area contributed by atoms with Crippen molar-refractivity contribution in [1.29, 1.82) is 0 Å². The molecule has 0 aliphatic carbocycles. The van der Waals surface area contributed by atoms with Gasteiger partial charge in [-0.3, -0.25) is 5.32 Å². The summed E-state index contributed by atoms with van der Waals surface area (Å²) >= 11 is 4.77. The highest BCUT2D eigenvalue weighted by atomic mass is 79.9. The zero-order chi connectivity index (χ0) is 17.3. The van der Waals surface area contributed by atoms with Crippen LogP contribution in [0.3, 0.4) is 0 Å². The third kappa shape index (κ3) is 4.71. The second kappa shape index (κ2) is 6.58. The number of halogens is 1. The molecule has 1 aromatic heterocycles. The summed E-state index contributed by atoms with van der Waals surface area (Å²) in [5.41, 5.74) is -0.415. The van der Waals surface area contributed by atoms with Gasteiger partial charge in [-0.1, -0.05) is 20.8 Å². The Balaban J connectivity index is 3.24. The van der Waals surface area contributed by atoms with Crippen molar-refractivity contribution in [2.24, 2.45) is 0 Å². The van der Waals surface area contributed by atoms with Crippen molar-refractivity contribution in [2.45, 2.75) is 52.6 Å². The fourth-order valence-electron chi connectivity index (χ4n) is 1.65. The van der Waals surface area contributed by atoms with Crippen LogP contribution in [0.2, 0.25) is 0 Å². The molecule has 1 heterocycles. The second-order valence-electron chi connectivity index (χ2n) is 6.82. The monoisotopic (exact) mass is 391 g/mol. The van der Waals surface area contributed by atoms with Crippen LogP contribution in [0.5, 0.6) is 0 Å². The number of rotatable bonds is 2. The molecule has 0 aliphatic rings. The van der Waals surface area contributed by atoms with Gasteiger partial charge in [-0.25, -0.2) is 9.59 Å². The molecular weight excluding hydrogens is 370 g/mol. The number of anilines is 1. The van der Waals surface area contributed by atoms with Gasteiger partial charge in [0.15, 0.2) is 0 Å². The first-order chi connectivity index (χ1) is 9.86. The molecule has 1 N–H and O–H groups in total. The van der Waals surface area contributed by atoms with Gasteiger partial charge in [-0.05, 0) is 42.1 Å². The van der Waals surface area contributed by atoms with Crippen LogP contribution in [-0.4, -0.2) is 24.8 Å². The minimum Gasteiger partial charge on any atom is -0.465 e. The summed E-state index contributed by atoms with van der Waals surface area (Å²) in [5.74, 6) is -0.493. The summed E-state index contributed by atoms with van der Waals surface area (Å²) in [6, 6.07) is 0. The summed E-state index contributed by atoms with van der Waals surface area (Å²) in [6.45, 7) is 11.4. The molecule has 0 fully saturated rings. The van der Waals surface area contributed by atoms with E-state index >= 15 is 0 Å². The van der Waals surface area contributed by atoms with E-state index in [0.717, 1.165) is 4.88 Å². The van der Waals surface area contributed by atoms with Gasteiger partial charge in [-0.2, -0.15) is 0 Å². The Morgan fingerprint density at radius 2 is 1.68 bits per heavy atom. The maximum Gasteiger partial charge on any atom is 0.412 e. The maximum atomic E-state index is 12.0. The molecule has 0 bridgehead atoms. The van der Waals surface area contributed by atoms with Crippen LogP contribution in [0.15, 0.2) is 4.47 Å². The molecule has 0 spiro atoms. The Bertz CT molecular complexity index is 582. The first kappa shape index (κ1) is 19.0. The third-order valence-electron chi connectivity index (χ3n) is 2.53.